The Labute approximate surface area is 90.7 Å². The summed E-state index contributed by atoms with van der Waals surface area (Å²) < 4.78 is 0.807. The number of carbonyl (C=O) groups excluding carboxylic acids is 1. The van der Waals surface area contributed by atoms with Gasteiger partial charge in [-0.05, 0) is 6.92 Å². The zero-order valence-electron chi connectivity index (χ0n) is 9.91. The summed E-state index contributed by atoms with van der Waals surface area (Å²) in [7, 11) is 6.16. The third-order valence-electron chi connectivity index (χ3n) is 1.98. The highest BCUT2D eigenvalue weighted by Crippen LogP contribution is 1.97. The smallest absolute Gasteiger partial charge is 0.325 e. The van der Waals surface area contributed by atoms with Gasteiger partial charge in [-0.15, -0.1) is 0 Å². The van der Waals surface area contributed by atoms with Crippen molar-refractivity contribution in [3.8, 4) is 0 Å². The molecule has 0 aliphatic carbocycles. The van der Waals surface area contributed by atoms with E-state index in [0.717, 1.165) is 17.4 Å². The Morgan fingerprint density at radius 2 is 1.87 bits per heavy atom. The molecule has 5 nitrogen and oxygen atoms in total. The Bertz CT molecular complexity index is 233. The number of hydrogen-bond donors (Lipinski definition) is 2. The lowest BCUT2D eigenvalue weighted by Crippen LogP contribution is -2.39. The molecule has 0 aromatic heterocycles. The van der Waals surface area contributed by atoms with Crippen LogP contribution in [-0.2, 0) is 9.59 Å². The first kappa shape index (κ1) is 13.9. The maximum atomic E-state index is 11.3. The van der Waals surface area contributed by atoms with Gasteiger partial charge in [-0.25, -0.2) is 0 Å². The summed E-state index contributed by atoms with van der Waals surface area (Å²) in [4.78, 5) is 21.7. The van der Waals surface area contributed by atoms with Gasteiger partial charge in [-0.3, -0.25) is 9.59 Å². The molecular formula is C10H21N2O3+. The van der Waals surface area contributed by atoms with E-state index in [1.54, 1.807) is 0 Å². The molecule has 0 aliphatic heterocycles. The fourth-order valence-corrected chi connectivity index (χ4v) is 1.09. The average molecular weight is 217 g/mol. The zero-order valence-corrected chi connectivity index (χ0v) is 9.91. The lowest BCUT2D eigenvalue weighted by molar-refractivity contribution is -0.870. The Kier molecular flexibility index (Phi) is 5.28. The zero-order chi connectivity index (χ0) is 12.1. The molecule has 0 fully saturated rings. The van der Waals surface area contributed by atoms with Gasteiger partial charge in [0, 0.05) is 12.8 Å². The van der Waals surface area contributed by atoms with Crippen molar-refractivity contribution in [2.75, 3.05) is 27.7 Å². The van der Waals surface area contributed by atoms with Crippen LogP contribution in [0.15, 0.2) is 0 Å². The highest BCUT2D eigenvalue weighted by molar-refractivity contribution is 5.83. The fourth-order valence-electron chi connectivity index (χ4n) is 1.09. The Morgan fingerprint density at radius 3 is 2.27 bits per heavy atom. The molecule has 1 unspecified atom stereocenters. The summed E-state index contributed by atoms with van der Waals surface area (Å²) in [6, 6.07) is -0.804. The standard InChI is InChI=1S/C10H20N2O3/c1-8(10(14)15)11-9(13)6-5-7-12(2,3)4/h8H,5-7H2,1-4H3,(H-,11,13,14,15)/p+1. The third-order valence-corrected chi connectivity index (χ3v) is 1.98. The molecule has 0 saturated heterocycles. The van der Waals surface area contributed by atoms with E-state index in [1.807, 2.05) is 0 Å². The van der Waals surface area contributed by atoms with Gasteiger partial charge in [0.2, 0.25) is 5.91 Å². The van der Waals surface area contributed by atoms with Crippen molar-refractivity contribution in [2.45, 2.75) is 25.8 Å². The van der Waals surface area contributed by atoms with Crippen molar-refractivity contribution in [3.05, 3.63) is 0 Å². The van der Waals surface area contributed by atoms with Gasteiger partial charge in [0.1, 0.15) is 6.04 Å². The molecule has 0 aromatic carbocycles. The van der Waals surface area contributed by atoms with Crippen LogP contribution in [0.2, 0.25) is 0 Å². The van der Waals surface area contributed by atoms with Crippen molar-refractivity contribution in [3.63, 3.8) is 0 Å². The van der Waals surface area contributed by atoms with E-state index in [9.17, 15) is 9.59 Å². The van der Waals surface area contributed by atoms with E-state index in [-0.39, 0.29) is 5.91 Å². The second kappa shape index (κ2) is 5.70. The van der Waals surface area contributed by atoms with Gasteiger partial charge in [-0.2, -0.15) is 0 Å². The third kappa shape index (κ3) is 7.93. The fraction of sp³-hybridized carbons (Fsp3) is 0.800. The van der Waals surface area contributed by atoms with Gasteiger partial charge in [0.15, 0.2) is 0 Å². The van der Waals surface area contributed by atoms with Crippen molar-refractivity contribution in [2.24, 2.45) is 0 Å². The van der Waals surface area contributed by atoms with Crippen LogP contribution in [0.4, 0.5) is 0 Å². The summed E-state index contributed by atoms with van der Waals surface area (Å²) in [5.74, 6) is -1.20. The molecule has 15 heavy (non-hydrogen) atoms. The molecule has 0 aliphatic rings. The molecule has 88 valence electrons. The summed E-state index contributed by atoms with van der Waals surface area (Å²) in [5, 5.41) is 11.0. The van der Waals surface area contributed by atoms with Crippen LogP contribution in [0.25, 0.3) is 0 Å². The number of aliphatic carboxylic acids is 1. The first-order valence-electron chi connectivity index (χ1n) is 5.05. The van der Waals surface area contributed by atoms with Gasteiger partial charge >= 0.3 is 5.97 Å². The van der Waals surface area contributed by atoms with E-state index in [4.69, 9.17) is 5.11 Å². The largest absolute Gasteiger partial charge is 0.480 e. The maximum absolute atomic E-state index is 11.3. The van der Waals surface area contributed by atoms with Crippen LogP contribution in [-0.4, -0.2) is 55.2 Å². The van der Waals surface area contributed by atoms with Crippen molar-refractivity contribution < 1.29 is 19.2 Å². The topological polar surface area (TPSA) is 66.4 Å². The van der Waals surface area contributed by atoms with Crippen LogP contribution < -0.4 is 5.32 Å². The molecule has 0 aromatic rings. The number of amides is 1. The predicted molar refractivity (Wildman–Crippen MR) is 57.4 cm³/mol. The molecule has 2 N–H and O–H groups in total. The van der Waals surface area contributed by atoms with Gasteiger partial charge < -0.3 is 14.9 Å². The van der Waals surface area contributed by atoms with Gasteiger partial charge in [0.25, 0.3) is 0 Å². The second-order valence-electron chi connectivity index (χ2n) is 4.74. The SMILES string of the molecule is CC(NC(=O)CCC[N+](C)(C)C)C(=O)O. The molecule has 0 saturated carbocycles. The quantitative estimate of drug-likeness (QED) is 0.618. The molecule has 0 bridgehead atoms. The van der Waals surface area contributed by atoms with Crippen LogP contribution in [0.1, 0.15) is 19.8 Å². The lowest BCUT2D eigenvalue weighted by atomic mass is 10.2. The highest BCUT2D eigenvalue weighted by Gasteiger charge is 2.14. The minimum atomic E-state index is -1.00. The van der Waals surface area contributed by atoms with E-state index in [0.29, 0.717) is 6.42 Å². The Hall–Kier alpha value is -1.10. The number of carboxylic acids is 1. The van der Waals surface area contributed by atoms with E-state index in [2.05, 4.69) is 26.5 Å². The van der Waals surface area contributed by atoms with Crippen molar-refractivity contribution in [1.82, 2.24) is 5.32 Å². The number of nitrogens with one attached hydrogen (secondary N) is 1. The number of rotatable bonds is 6. The molecule has 0 spiro atoms. The number of quaternary nitrogens is 1. The lowest BCUT2D eigenvalue weighted by Gasteiger charge is -2.23. The maximum Gasteiger partial charge on any atom is 0.325 e. The molecule has 1 amide bonds. The van der Waals surface area contributed by atoms with Gasteiger partial charge in [-0.1, -0.05) is 0 Å². The molecular weight excluding hydrogens is 196 g/mol. The molecule has 5 heteroatoms. The minimum Gasteiger partial charge on any atom is -0.480 e. The van der Waals surface area contributed by atoms with Gasteiger partial charge in [0.05, 0.1) is 27.7 Å². The van der Waals surface area contributed by atoms with Crippen molar-refractivity contribution >= 4 is 11.9 Å². The Balaban J connectivity index is 3.72. The van der Waals surface area contributed by atoms with Crippen LogP contribution in [0.5, 0.6) is 0 Å². The molecule has 0 radical (unpaired) electrons. The summed E-state index contributed by atoms with van der Waals surface area (Å²) in [6.07, 6.45) is 1.15. The molecule has 0 heterocycles. The summed E-state index contributed by atoms with van der Waals surface area (Å²) >= 11 is 0. The van der Waals surface area contributed by atoms with E-state index >= 15 is 0 Å². The Morgan fingerprint density at radius 1 is 1.33 bits per heavy atom. The van der Waals surface area contributed by atoms with Crippen molar-refractivity contribution in [1.29, 1.82) is 0 Å². The molecule has 1 atom stereocenters. The highest BCUT2D eigenvalue weighted by atomic mass is 16.4. The first-order valence-corrected chi connectivity index (χ1v) is 5.05. The number of carboxylic acid groups (broad SMARTS) is 1. The number of carbonyl (C=O) groups is 2. The molecule has 0 rings (SSSR count). The average Bonchev–Trinajstić information content (AvgIpc) is 2.01. The van der Waals surface area contributed by atoms with Crippen LogP contribution in [0.3, 0.4) is 0 Å². The first-order chi connectivity index (χ1) is 6.72. The van der Waals surface area contributed by atoms with Crippen LogP contribution in [0, 0.1) is 0 Å². The second-order valence-corrected chi connectivity index (χ2v) is 4.74. The summed E-state index contributed by atoms with van der Waals surface area (Å²) in [6.45, 7) is 2.36. The monoisotopic (exact) mass is 217 g/mol. The van der Waals surface area contributed by atoms with E-state index < -0.39 is 12.0 Å². The number of nitrogens with zero attached hydrogens (tertiary/aromatic N) is 1. The predicted octanol–water partition coefficient (Wildman–Crippen LogP) is 0.0621. The minimum absolute atomic E-state index is 0.196. The summed E-state index contributed by atoms with van der Waals surface area (Å²) in [5.41, 5.74) is 0. The van der Waals surface area contributed by atoms with E-state index in [1.165, 1.54) is 6.92 Å². The number of hydrogen-bond acceptors (Lipinski definition) is 2. The van der Waals surface area contributed by atoms with Crippen LogP contribution >= 0.6 is 0 Å². The normalized spacial score (nSPS) is 13.3.